The Morgan fingerprint density at radius 1 is 1.50 bits per heavy atom. The molecule has 0 aliphatic carbocycles. The lowest BCUT2D eigenvalue weighted by Crippen LogP contribution is -2.15. The average molecular weight is 173 g/mol. The summed E-state index contributed by atoms with van der Waals surface area (Å²) < 4.78 is 0. The summed E-state index contributed by atoms with van der Waals surface area (Å²) in [6.07, 6.45) is 2.95. The van der Waals surface area contributed by atoms with Crippen molar-refractivity contribution in [3.05, 3.63) is 0 Å². The first-order valence-electron chi connectivity index (χ1n) is 4.48. The van der Waals surface area contributed by atoms with Crippen LogP contribution in [-0.4, -0.2) is 23.5 Å². The lowest BCUT2D eigenvalue weighted by Gasteiger charge is -2.11. The Bertz CT molecular complexity index is 130. The van der Waals surface area contributed by atoms with Gasteiger partial charge in [-0.1, -0.05) is 18.5 Å². The molecule has 0 saturated carbocycles. The Balaban J connectivity index is 3.60. The van der Waals surface area contributed by atoms with Gasteiger partial charge in [0.05, 0.1) is 12.3 Å². The number of aliphatic hydroxyl groups is 1. The molecule has 0 aliphatic heterocycles. The summed E-state index contributed by atoms with van der Waals surface area (Å²) in [5.74, 6) is 0. The predicted molar refractivity (Wildman–Crippen MR) is 50.3 cm³/mol. The smallest absolute Gasteiger partial charge is 0.150 e. The van der Waals surface area contributed by atoms with Crippen molar-refractivity contribution in [2.45, 2.75) is 46.1 Å². The van der Waals surface area contributed by atoms with Crippen LogP contribution in [0.15, 0.2) is 5.16 Å². The van der Waals surface area contributed by atoms with Gasteiger partial charge in [0.15, 0.2) is 0 Å². The normalized spacial score (nSPS) is 12.3. The molecule has 1 N–H and O–H groups in total. The van der Waals surface area contributed by atoms with E-state index in [-0.39, 0.29) is 12.7 Å². The standard InChI is InChI=1S/C9H19NO2/c1-4-5-6-9(7-11)12-10-8(2)3/h9,11H,4-7H2,1-3H3/t9-/m1/s1. The number of oxime groups is 1. The molecule has 12 heavy (non-hydrogen) atoms. The quantitative estimate of drug-likeness (QED) is 0.492. The number of rotatable bonds is 6. The van der Waals surface area contributed by atoms with Crippen molar-refractivity contribution in [1.29, 1.82) is 0 Å². The van der Waals surface area contributed by atoms with Crippen LogP contribution in [0, 0.1) is 0 Å². The zero-order valence-corrected chi connectivity index (χ0v) is 8.21. The molecule has 0 aromatic heterocycles. The highest BCUT2D eigenvalue weighted by Gasteiger charge is 2.06. The first kappa shape index (κ1) is 11.4. The van der Waals surface area contributed by atoms with Crippen molar-refractivity contribution in [2.75, 3.05) is 6.61 Å². The second-order valence-corrected chi connectivity index (χ2v) is 3.09. The third-order valence-corrected chi connectivity index (χ3v) is 1.47. The number of nitrogens with zero attached hydrogens (tertiary/aromatic N) is 1. The summed E-state index contributed by atoms with van der Waals surface area (Å²) in [6.45, 7) is 5.90. The topological polar surface area (TPSA) is 41.8 Å². The Morgan fingerprint density at radius 2 is 2.17 bits per heavy atom. The van der Waals surface area contributed by atoms with Crippen LogP contribution in [0.1, 0.15) is 40.0 Å². The van der Waals surface area contributed by atoms with Crippen molar-refractivity contribution in [2.24, 2.45) is 5.16 Å². The predicted octanol–water partition coefficient (Wildman–Crippen LogP) is 1.95. The lowest BCUT2D eigenvalue weighted by molar-refractivity contribution is 0.0102. The van der Waals surface area contributed by atoms with E-state index >= 15 is 0 Å². The van der Waals surface area contributed by atoms with Crippen LogP contribution < -0.4 is 0 Å². The van der Waals surface area contributed by atoms with E-state index in [0.717, 1.165) is 25.0 Å². The molecule has 0 saturated heterocycles. The van der Waals surface area contributed by atoms with Gasteiger partial charge in [-0.25, -0.2) is 0 Å². The number of hydrogen-bond acceptors (Lipinski definition) is 3. The number of aliphatic hydroxyl groups excluding tert-OH is 1. The molecule has 0 unspecified atom stereocenters. The molecule has 0 fully saturated rings. The monoisotopic (exact) mass is 173 g/mol. The SMILES string of the molecule is CCCC[C@H](CO)ON=C(C)C. The second kappa shape index (κ2) is 7.10. The maximum atomic E-state index is 8.87. The molecule has 0 heterocycles. The zero-order chi connectivity index (χ0) is 9.40. The fraction of sp³-hybridized carbons (Fsp3) is 0.889. The van der Waals surface area contributed by atoms with Crippen LogP contribution in [0.2, 0.25) is 0 Å². The van der Waals surface area contributed by atoms with Crippen molar-refractivity contribution < 1.29 is 9.94 Å². The maximum absolute atomic E-state index is 8.87. The summed E-state index contributed by atoms with van der Waals surface area (Å²) >= 11 is 0. The average Bonchev–Trinajstić information content (AvgIpc) is 2.05. The molecule has 0 radical (unpaired) electrons. The second-order valence-electron chi connectivity index (χ2n) is 3.09. The molecule has 3 heteroatoms. The van der Waals surface area contributed by atoms with Gasteiger partial charge < -0.3 is 9.94 Å². The van der Waals surface area contributed by atoms with Crippen LogP contribution in [0.5, 0.6) is 0 Å². The molecule has 0 aromatic rings. The largest absolute Gasteiger partial charge is 0.392 e. The molecular formula is C9H19NO2. The zero-order valence-electron chi connectivity index (χ0n) is 8.21. The molecule has 0 aliphatic rings. The van der Waals surface area contributed by atoms with E-state index in [1.165, 1.54) is 0 Å². The summed E-state index contributed by atoms with van der Waals surface area (Å²) in [5, 5.41) is 12.7. The molecule has 0 spiro atoms. The summed E-state index contributed by atoms with van der Waals surface area (Å²) in [4.78, 5) is 5.09. The third kappa shape index (κ3) is 6.16. The van der Waals surface area contributed by atoms with E-state index in [0.29, 0.717) is 0 Å². The Hall–Kier alpha value is -0.570. The van der Waals surface area contributed by atoms with Gasteiger partial charge in [0.2, 0.25) is 0 Å². The fourth-order valence-corrected chi connectivity index (χ4v) is 0.789. The fourth-order valence-electron chi connectivity index (χ4n) is 0.789. The number of unbranched alkanes of at least 4 members (excludes halogenated alkanes) is 1. The van der Waals surface area contributed by atoms with Gasteiger partial charge in [-0.05, 0) is 26.7 Å². The molecular weight excluding hydrogens is 154 g/mol. The minimum absolute atomic E-state index is 0.0524. The van der Waals surface area contributed by atoms with E-state index in [1.54, 1.807) is 0 Å². The lowest BCUT2D eigenvalue weighted by atomic mass is 10.2. The van der Waals surface area contributed by atoms with Crippen LogP contribution in [0.25, 0.3) is 0 Å². The Labute approximate surface area is 74.4 Å². The summed E-state index contributed by atoms with van der Waals surface area (Å²) in [5.41, 5.74) is 0.880. The summed E-state index contributed by atoms with van der Waals surface area (Å²) in [6, 6.07) is 0. The van der Waals surface area contributed by atoms with E-state index < -0.39 is 0 Å². The van der Waals surface area contributed by atoms with E-state index in [2.05, 4.69) is 12.1 Å². The minimum atomic E-state index is -0.125. The first-order chi connectivity index (χ1) is 5.70. The van der Waals surface area contributed by atoms with Crippen LogP contribution in [0.4, 0.5) is 0 Å². The van der Waals surface area contributed by atoms with E-state index in [4.69, 9.17) is 9.94 Å². The maximum Gasteiger partial charge on any atom is 0.150 e. The van der Waals surface area contributed by atoms with E-state index in [9.17, 15) is 0 Å². The van der Waals surface area contributed by atoms with Gasteiger partial charge in [-0.2, -0.15) is 0 Å². The highest BCUT2D eigenvalue weighted by Crippen LogP contribution is 2.04. The minimum Gasteiger partial charge on any atom is -0.392 e. The van der Waals surface area contributed by atoms with Crippen molar-refractivity contribution >= 4 is 5.71 Å². The van der Waals surface area contributed by atoms with Crippen LogP contribution in [-0.2, 0) is 4.84 Å². The highest BCUT2D eigenvalue weighted by molar-refractivity contribution is 5.78. The number of hydrogen-bond donors (Lipinski definition) is 1. The van der Waals surface area contributed by atoms with Gasteiger partial charge in [-0.15, -0.1) is 0 Å². The van der Waals surface area contributed by atoms with Gasteiger partial charge in [-0.3, -0.25) is 0 Å². The molecule has 0 amide bonds. The van der Waals surface area contributed by atoms with Crippen molar-refractivity contribution in [3.8, 4) is 0 Å². The van der Waals surface area contributed by atoms with Crippen LogP contribution >= 0.6 is 0 Å². The Morgan fingerprint density at radius 3 is 2.58 bits per heavy atom. The van der Waals surface area contributed by atoms with Crippen LogP contribution in [0.3, 0.4) is 0 Å². The van der Waals surface area contributed by atoms with Crippen molar-refractivity contribution in [3.63, 3.8) is 0 Å². The molecule has 72 valence electrons. The molecule has 0 aromatic carbocycles. The van der Waals surface area contributed by atoms with Crippen molar-refractivity contribution in [1.82, 2.24) is 0 Å². The molecule has 1 atom stereocenters. The Kier molecular flexibility index (Phi) is 6.76. The van der Waals surface area contributed by atoms with Gasteiger partial charge in [0.25, 0.3) is 0 Å². The third-order valence-electron chi connectivity index (χ3n) is 1.47. The molecule has 3 nitrogen and oxygen atoms in total. The van der Waals surface area contributed by atoms with Gasteiger partial charge >= 0.3 is 0 Å². The molecule has 0 bridgehead atoms. The van der Waals surface area contributed by atoms with Gasteiger partial charge in [0, 0.05) is 0 Å². The van der Waals surface area contributed by atoms with Gasteiger partial charge in [0.1, 0.15) is 6.10 Å². The van der Waals surface area contributed by atoms with E-state index in [1.807, 2.05) is 13.8 Å². The highest BCUT2D eigenvalue weighted by atomic mass is 16.6. The first-order valence-corrected chi connectivity index (χ1v) is 4.48. The summed E-state index contributed by atoms with van der Waals surface area (Å²) in [7, 11) is 0. The molecule has 0 rings (SSSR count).